The maximum atomic E-state index is 11.6. The number of rotatable bonds is 7. The van der Waals surface area contributed by atoms with Crippen molar-refractivity contribution in [3.8, 4) is 5.75 Å². The minimum atomic E-state index is -0.0426. The van der Waals surface area contributed by atoms with Gasteiger partial charge in [-0.3, -0.25) is 4.79 Å². The fourth-order valence-corrected chi connectivity index (χ4v) is 1.82. The Morgan fingerprint density at radius 3 is 2.95 bits per heavy atom. The highest BCUT2D eigenvalue weighted by atomic mass is 16.5. The number of nitrogens with one attached hydrogen (secondary N) is 2. The van der Waals surface area contributed by atoms with Gasteiger partial charge in [-0.1, -0.05) is 12.1 Å². The van der Waals surface area contributed by atoms with E-state index in [1.807, 2.05) is 31.3 Å². The molecule has 0 spiro atoms. The van der Waals surface area contributed by atoms with Gasteiger partial charge >= 0.3 is 0 Å². The molecule has 1 aromatic rings. The molecule has 0 bridgehead atoms. The second-order valence-electron chi connectivity index (χ2n) is 5.12. The molecule has 1 aliphatic rings. The summed E-state index contributed by atoms with van der Waals surface area (Å²) in [6.07, 6.45) is 2.48. The van der Waals surface area contributed by atoms with E-state index >= 15 is 0 Å². The molecule has 4 nitrogen and oxygen atoms in total. The van der Waals surface area contributed by atoms with E-state index < -0.39 is 0 Å². The zero-order chi connectivity index (χ0) is 13.7. The van der Waals surface area contributed by atoms with Crippen molar-refractivity contribution in [2.45, 2.75) is 25.8 Å². The van der Waals surface area contributed by atoms with Crippen molar-refractivity contribution in [2.24, 2.45) is 5.92 Å². The Bertz CT molecular complexity index is 430. The molecular weight excluding hydrogens is 240 g/mol. The van der Waals surface area contributed by atoms with E-state index in [-0.39, 0.29) is 18.6 Å². The van der Waals surface area contributed by atoms with Crippen molar-refractivity contribution in [3.63, 3.8) is 0 Å². The molecular formula is C15H22N2O2. The fourth-order valence-electron chi connectivity index (χ4n) is 1.82. The van der Waals surface area contributed by atoms with Gasteiger partial charge in [0.05, 0.1) is 0 Å². The first-order chi connectivity index (χ1) is 9.19. The summed E-state index contributed by atoms with van der Waals surface area (Å²) in [6, 6.07) is 8.10. The highest BCUT2D eigenvalue weighted by Gasteiger charge is 2.21. The Morgan fingerprint density at radius 1 is 1.47 bits per heavy atom. The quantitative estimate of drug-likeness (QED) is 0.788. The third-order valence-electron chi connectivity index (χ3n) is 3.45. The number of carbonyl (C=O) groups is 1. The summed E-state index contributed by atoms with van der Waals surface area (Å²) < 4.78 is 5.52. The second-order valence-corrected chi connectivity index (χ2v) is 5.12. The maximum Gasteiger partial charge on any atom is 0.257 e. The Morgan fingerprint density at radius 2 is 2.26 bits per heavy atom. The number of hydrogen-bond acceptors (Lipinski definition) is 3. The van der Waals surface area contributed by atoms with Crippen LogP contribution in [0.15, 0.2) is 24.3 Å². The molecule has 104 valence electrons. The van der Waals surface area contributed by atoms with Crippen LogP contribution in [0.3, 0.4) is 0 Å². The maximum absolute atomic E-state index is 11.6. The summed E-state index contributed by atoms with van der Waals surface area (Å²) >= 11 is 0. The lowest BCUT2D eigenvalue weighted by molar-refractivity contribution is -0.123. The third kappa shape index (κ3) is 4.56. The SMILES string of the molecule is CNC(C)c1cccc(OCC(=O)NCC2CC2)c1. The van der Waals surface area contributed by atoms with Crippen molar-refractivity contribution < 1.29 is 9.53 Å². The highest BCUT2D eigenvalue weighted by molar-refractivity contribution is 5.77. The average molecular weight is 262 g/mol. The molecule has 1 aliphatic carbocycles. The molecule has 2 N–H and O–H groups in total. The topological polar surface area (TPSA) is 50.4 Å². The minimum absolute atomic E-state index is 0.0426. The molecule has 0 aliphatic heterocycles. The lowest BCUT2D eigenvalue weighted by Crippen LogP contribution is -2.30. The Kier molecular flexibility index (Phi) is 4.80. The first-order valence-corrected chi connectivity index (χ1v) is 6.85. The number of hydrogen-bond donors (Lipinski definition) is 2. The van der Waals surface area contributed by atoms with Crippen LogP contribution < -0.4 is 15.4 Å². The molecule has 1 fully saturated rings. The van der Waals surface area contributed by atoms with Gasteiger partial charge in [-0.15, -0.1) is 0 Å². The molecule has 1 saturated carbocycles. The molecule has 4 heteroatoms. The van der Waals surface area contributed by atoms with E-state index in [1.54, 1.807) is 0 Å². The first kappa shape index (κ1) is 13.9. The van der Waals surface area contributed by atoms with Crippen molar-refractivity contribution in [2.75, 3.05) is 20.2 Å². The van der Waals surface area contributed by atoms with E-state index in [0.29, 0.717) is 5.92 Å². The zero-order valence-electron chi connectivity index (χ0n) is 11.6. The van der Waals surface area contributed by atoms with Gasteiger partial charge in [-0.25, -0.2) is 0 Å². The molecule has 2 rings (SSSR count). The smallest absolute Gasteiger partial charge is 0.257 e. The lowest BCUT2D eigenvalue weighted by atomic mass is 10.1. The summed E-state index contributed by atoms with van der Waals surface area (Å²) in [5, 5.41) is 6.07. The summed E-state index contributed by atoms with van der Waals surface area (Å²) in [5.41, 5.74) is 1.15. The summed E-state index contributed by atoms with van der Waals surface area (Å²) in [7, 11) is 1.92. The van der Waals surface area contributed by atoms with Gasteiger partial charge < -0.3 is 15.4 Å². The minimum Gasteiger partial charge on any atom is -0.484 e. The standard InChI is InChI=1S/C15H22N2O2/c1-11(16-2)13-4-3-5-14(8-13)19-10-15(18)17-9-12-6-7-12/h3-5,8,11-12,16H,6-7,9-10H2,1-2H3,(H,17,18). The van der Waals surface area contributed by atoms with Crippen molar-refractivity contribution in [1.82, 2.24) is 10.6 Å². The van der Waals surface area contributed by atoms with E-state index in [1.165, 1.54) is 12.8 Å². The lowest BCUT2D eigenvalue weighted by Gasteiger charge is -2.12. The van der Waals surface area contributed by atoms with Crippen LogP contribution in [0, 0.1) is 5.92 Å². The predicted octanol–water partition coefficient (Wildman–Crippen LogP) is 1.87. The van der Waals surface area contributed by atoms with Crippen LogP contribution in [0.4, 0.5) is 0 Å². The third-order valence-corrected chi connectivity index (χ3v) is 3.45. The van der Waals surface area contributed by atoms with Gasteiger partial charge in [0.25, 0.3) is 5.91 Å². The number of carbonyl (C=O) groups excluding carboxylic acids is 1. The molecule has 1 unspecified atom stereocenters. The summed E-state index contributed by atoms with van der Waals surface area (Å²) in [5.74, 6) is 1.39. The van der Waals surface area contributed by atoms with Crippen LogP contribution in [0.5, 0.6) is 5.75 Å². The van der Waals surface area contributed by atoms with Gasteiger partial charge in [0.2, 0.25) is 0 Å². The van der Waals surface area contributed by atoms with Crippen molar-refractivity contribution in [3.05, 3.63) is 29.8 Å². The van der Waals surface area contributed by atoms with Crippen molar-refractivity contribution >= 4 is 5.91 Å². The van der Waals surface area contributed by atoms with Crippen LogP contribution in [-0.2, 0) is 4.79 Å². The van der Waals surface area contributed by atoms with Crippen LogP contribution in [-0.4, -0.2) is 26.1 Å². The molecule has 1 atom stereocenters. The van der Waals surface area contributed by atoms with E-state index in [9.17, 15) is 4.79 Å². The van der Waals surface area contributed by atoms with E-state index in [2.05, 4.69) is 17.6 Å². The number of amides is 1. The van der Waals surface area contributed by atoms with Crippen LogP contribution in [0.25, 0.3) is 0 Å². The Labute approximate surface area is 114 Å². The van der Waals surface area contributed by atoms with Gasteiger partial charge in [0.15, 0.2) is 6.61 Å². The molecule has 0 heterocycles. The summed E-state index contributed by atoms with van der Waals surface area (Å²) in [4.78, 5) is 11.6. The molecule has 19 heavy (non-hydrogen) atoms. The monoisotopic (exact) mass is 262 g/mol. The second kappa shape index (κ2) is 6.57. The van der Waals surface area contributed by atoms with Gasteiger partial charge in [-0.2, -0.15) is 0 Å². The molecule has 0 radical (unpaired) electrons. The van der Waals surface area contributed by atoms with E-state index in [4.69, 9.17) is 4.74 Å². The first-order valence-electron chi connectivity index (χ1n) is 6.85. The molecule has 1 aromatic carbocycles. The van der Waals surface area contributed by atoms with Crippen molar-refractivity contribution in [1.29, 1.82) is 0 Å². The van der Waals surface area contributed by atoms with Crippen LogP contribution in [0.1, 0.15) is 31.4 Å². The Hall–Kier alpha value is -1.55. The van der Waals surface area contributed by atoms with Gasteiger partial charge in [0, 0.05) is 12.6 Å². The van der Waals surface area contributed by atoms with Gasteiger partial charge in [0.1, 0.15) is 5.75 Å². The number of benzene rings is 1. The fraction of sp³-hybridized carbons (Fsp3) is 0.533. The normalized spacial score (nSPS) is 15.9. The van der Waals surface area contributed by atoms with E-state index in [0.717, 1.165) is 17.9 Å². The van der Waals surface area contributed by atoms with Crippen LogP contribution in [0.2, 0.25) is 0 Å². The van der Waals surface area contributed by atoms with Gasteiger partial charge in [-0.05, 0) is 50.4 Å². The number of ether oxygens (including phenoxy) is 1. The largest absolute Gasteiger partial charge is 0.484 e. The molecule has 0 aromatic heterocycles. The summed E-state index contributed by atoms with van der Waals surface area (Å²) in [6.45, 7) is 2.96. The van der Waals surface area contributed by atoms with Crippen LogP contribution >= 0.6 is 0 Å². The average Bonchev–Trinajstić information content (AvgIpc) is 3.26. The molecule has 0 saturated heterocycles. The Balaban J connectivity index is 1.79. The zero-order valence-corrected chi connectivity index (χ0v) is 11.6. The predicted molar refractivity (Wildman–Crippen MR) is 75.1 cm³/mol. The molecule has 1 amide bonds. The highest BCUT2D eigenvalue weighted by Crippen LogP contribution is 2.27.